The van der Waals surface area contributed by atoms with E-state index in [1.165, 1.54) is 26.9 Å². The molecule has 0 radical (unpaired) electrons. The summed E-state index contributed by atoms with van der Waals surface area (Å²) < 4.78 is 10.3. The molecule has 2 aromatic carbocycles. The largest absolute Gasteiger partial charge is 0.378 e. The van der Waals surface area contributed by atoms with E-state index in [1.54, 1.807) is 0 Å². The molecule has 0 amide bonds. The number of morpholine rings is 1. The molecule has 138 valence electrons. The summed E-state index contributed by atoms with van der Waals surface area (Å²) in [5.41, 5.74) is 4.78. The van der Waals surface area contributed by atoms with E-state index in [1.807, 2.05) is 11.3 Å². The van der Waals surface area contributed by atoms with Gasteiger partial charge in [0, 0.05) is 27.9 Å². The van der Waals surface area contributed by atoms with Crippen molar-refractivity contribution in [1.82, 2.24) is 9.55 Å². The summed E-state index contributed by atoms with van der Waals surface area (Å²) >= 11 is 5.56. The van der Waals surface area contributed by atoms with Crippen LogP contribution in [0.4, 0.5) is 5.69 Å². The molecule has 0 aliphatic carbocycles. The van der Waals surface area contributed by atoms with Crippen LogP contribution in [-0.2, 0) is 11.3 Å². The van der Waals surface area contributed by atoms with E-state index in [0.717, 1.165) is 48.7 Å². The number of hydrogen-bond acceptors (Lipinski definition) is 4. The number of ether oxygens (including phenoxy) is 1. The third kappa shape index (κ3) is 3.06. The number of aromatic nitrogens is 2. The number of hydrogen-bond donors (Lipinski definition) is 0. The Hall–Kier alpha value is -1.89. The minimum Gasteiger partial charge on any atom is -0.378 e. The second kappa shape index (κ2) is 6.93. The molecule has 0 N–H and O–H groups in total. The van der Waals surface area contributed by atoms with Crippen molar-refractivity contribution in [1.29, 1.82) is 0 Å². The molecule has 1 fully saturated rings. The number of anilines is 1. The Kier molecular flexibility index (Phi) is 4.42. The number of nitrogens with zero attached hydrogens (tertiary/aromatic N) is 3. The van der Waals surface area contributed by atoms with Crippen molar-refractivity contribution in [2.24, 2.45) is 0 Å². The average Bonchev–Trinajstić information content (AvgIpc) is 3.29. The molecular formula is C21H20BrN3OS. The number of benzene rings is 2. The molecule has 0 saturated carbocycles. The Balaban J connectivity index is 1.62. The molecule has 1 aliphatic rings. The number of halogens is 1. The predicted octanol–water partition coefficient (Wildman–Crippen LogP) is 5.21. The first-order valence-corrected chi connectivity index (χ1v) is 10.8. The zero-order chi connectivity index (χ0) is 18.4. The molecule has 2 aromatic heterocycles. The number of aryl methyl sites for hydroxylation is 1. The van der Waals surface area contributed by atoms with Crippen LogP contribution in [-0.4, -0.2) is 35.9 Å². The lowest BCUT2D eigenvalue weighted by Gasteiger charge is -2.29. The lowest BCUT2D eigenvalue weighted by atomic mass is 10.1. The zero-order valence-corrected chi connectivity index (χ0v) is 17.5. The van der Waals surface area contributed by atoms with Crippen molar-refractivity contribution >= 4 is 54.1 Å². The van der Waals surface area contributed by atoms with Crippen LogP contribution in [0.1, 0.15) is 11.4 Å². The van der Waals surface area contributed by atoms with E-state index in [2.05, 4.69) is 74.1 Å². The van der Waals surface area contributed by atoms with Crippen LogP contribution in [0, 0.1) is 6.92 Å². The third-order valence-electron chi connectivity index (χ3n) is 5.25. The molecule has 6 heteroatoms. The van der Waals surface area contributed by atoms with Gasteiger partial charge in [-0.2, -0.15) is 0 Å². The van der Waals surface area contributed by atoms with Crippen molar-refractivity contribution < 1.29 is 4.74 Å². The summed E-state index contributed by atoms with van der Waals surface area (Å²) in [6.45, 7) is 6.36. The van der Waals surface area contributed by atoms with Gasteiger partial charge in [-0.15, -0.1) is 11.3 Å². The molecule has 27 heavy (non-hydrogen) atoms. The summed E-state index contributed by atoms with van der Waals surface area (Å²) in [5.74, 6) is 1.04. The highest BCUT2D eigenvalue weighted by Crippen LogP contribution is 2.32. The molecule has 1 aliphatic heterocycles. The van der Waals surface area contributed by atoms with E-state index in [-0.39, 0.29) is 0 Å². The van der Waals surface area contributed by atoms with Gasteiger partial charge in [-0.05, 0) is 57.4 Å². The fraction of sp³-hybridized carbons (Fsp3) is 0.286. The molecule has 0 spiro atoms. The van der Waals surface area contributed by atoms with Crippen LogP contribution in [0.5, 0.6) is 0 Å². The van der Waals surface area contributed by atoms with Gasteiger partial charge < -0.3 is 14.2 Å². The van der Waals surface area contributed by atoms with Gasteiger partial charge in [0.15, 0.2) is 0 Å². The van der Waals surface area contributed by atoms with Crippen LogP contribution < -0.4 is 4.90 Å². The molecule has 4 nitrogen and oxygen atoms in total. The van der Waals surface area contributed by atoms with Crippen LogP contribution >= 0.6 is 27.3 Å². The molecule has 5 rings (SSSR count). The number of thiophene rings is 1. The predicted molar refractivity (Wildman–Crippen MR) is 116 cm³/mol. The standard InChI is InChI=1S/C21H20BrN3OS/c1-14-23-20-18(22)11-17(24-6-8-26-9-7-24)12-19(20)25(14)13-16-4-2-3-15-5-10-27-21(15)16/h2-5,10-12H,6-9,13H2,1H3. The number of fused-ring (bicyclic) bond motifs is 2. The third-order valence-corrected chi connectivity index (χ3v) is 6.86. The van der Waals surface area contributed by atoms with E-state index in [0.29, 0.717) is 0 Å². The molecule has 0 atom stereocenters. The van der Waals surface area contributed by atoms with Gasteiger partial charge in [0.1, 0.15) is 11.3 Å². The van der Waals surface area contributed by atoms with Gasteiger partial charge in [-0.3, -0.25) is 0 Å². The maximum Gasteiger partial charge on any atom is 0.107 e. The Morgan fingerprint density at radius 2 is 2.04 bits per heavy atom. The summed E-state index contributed by atoms with van der Waals surface area (Å²) in [6, 6.07) is 13.2. The summed E-state index contributed by atoms with van der Waals surface area (Å²) in [6.07, 6.45) is 0. The molecule has 1 saturated heterocycles. The van der Waals surface area contributed by atoms with Crippen LogP contribution in [0.15, 0.2) is 46.3 Å². The average molecular weight is 442 g/mol. The van der Waals surface area contributed by atoms with Crippen LogP contribution in [0.25, 0.3) is 21.1 Å². The molecule has 0 bridgehead atoms. The first kappa shape index (κ1) is 17.2. The zero-order valence-electron chi connectivity index (χ0n) is 15.1. The van der Waals surface area contributed by atoms with Crippen molar-refractivity contribution in [2.45, 2.75) is 13.5 Å². The lowest BCUT2D eigenvalue weighted by Crippen LogP contribution is -2.36. The summed E-state index contributed by atoms with van der Waals surface area (Å²) in [4.78, 5) is 7.23. The maximum atomic E-state index is 5.51. The second-order valence-electron chi connectivity index (χ2n) is 6.90. The van der Waals surface area contributed by atoms with Crippen LogP contribution in [0.2, 0.25) is 0 Å². The summed E-state index contributed by atoms with van der Waals surface area (Å²) in [5, 5.41) is 3.48. The normalized spacial score (nSPS) is 15.1. The van der Waals surface area contributed by atoms with Crippen molar-refractivity contribution in [3.63, 3.8) is 0 Å². The van der Waals surface area contributed by atoms with Gasteiger partial charge in [0.05, 0.1) is 25.3 Å². The fourth-order valence-corrected chi connectivity index (χ4v) is 5.27. The van der Waals surface area contributed by atoms with E-state index < -0.39 is 0 Å². The SMILES string of the molecule is Cc1nc2c(Br)cc(N3CCOCC3)cc2n1Cc1cccc2ccsc12. The Morgan fingerprint density at radius 1 is 1.19 bits per heavy atom. The van der Waals surface area contributed by atoms with Gasteiger partial charge in [-0.1, -0.05) is 18.2 Å². The van der Waals surface area contributed by atoms with Crippen molar-refractivity contribution in [2.75, 3.05) is 31.2 Å². The van der Waals surface area contributed by atoms with Crippen molar-refractivity contribution in [3.8, 4) is 0 Å². The topological polar surface area (TPSA) is 30.3 Å². The molecular weight excluding hydrogens is 422 g/mol. The molecule has 4 aromatic rings. The van der Waals surface area contributed by atoms with Gasteiger partial charge in [0.25, 0.3) is 0 Å². The maximum absolute atomic E-state index is 5.51. The van der Waals surface area contributed by atoms with Gasteiger partial charge >= 0.3 is 0 Å². The minimum atomic E-state index is 0.786. The smallest absolute Gasteiger partial charge is 0.107 e. The van der Waals surface area contributed by atoms with E-state index in [4.69, 9.17) is 9.72 Å². The highest BCUT2D eigenvalue weighted by molar-refractivity contribution is 9.10. The van der Waals surface area contributed by atoms with E-state index in [9.17, 15) is 0 Å². The van der Waals surface area contributed by atoms with Gasteiger partial charge in [0.2, 0.25) is 0 Å². The number of imidazole rings is 1. The van der Waals surface area contributed by atoms with E-state index >= 15 is 0 Å². The second-order valence-corrected chi connectivity index (χ2v) is 8.67. The first-order chi connectivity index (χ1) is 13.2. The molecule has 3 heterocycles. The van der Waals surface area contributed by atoms with Crippen molar-refractivity contribution in [3.05, 3.63) is 57.6 Å². The Bertz CT molecular complexity index is 1130. The minimum absolute atomic E-state index is 0.786. The fourth-order valence-electron chi connectivity index (χ4n) is 3.84. The Labute approximate surface area is 170 Å². The van der Waals surface area contributed by atoms with Crippen LogP contribution in [0.3, 0.4) is 0 Å². The van der Waals surface area contributed by atoms with Gasteiger partial charge in [-0.25, -0.2) is 4.98 Å². The monoisotopic (exact) mass is 441 g/mol. The first-order valence-electron chi connectivity index (χ1n) is 9.15. The Morgan fingerprint density at radius 3 is 2.89 bits per heavy atom. The highest BCUT2D eigenvalue weighted by Gasteiger charge is 2.17. The summed E-state index contributed by atoms with van der Waals surface area (Å²) in [7, 11) is 0. The number of rotatable bonds is 3. The highest BCUT2D eigenvalue weighted by atomic mass is 79.9. The quantitative estimate of drug-likeness (QED) is 0.437. The lowest BCUT2D eigenvalue weighted by molar-refractivity contribution is 0.122. The molecule has 0 unspecified atom stereocenters.